The minimum Gasteiger partial charge on any atom is -0.508 e. The lowest BCUT2D eigenvalue weighted by atomic mass is 10.0. The largest absolute Gasteiger partial charge is 0.508 e. The molecule has 1 aliphatic rings. The van der Waals surface area contributed by atoms with Gasteiger partial charge in [-0.15, -0.1) is 12.4 Å². The number of aryl methyl sites for hydroxylation is 2. The van der Waals surface area contributed by atoms with Crippen molar-refractivity contribution < 1.29 is 5.11 Å². The van der Waals surface area contributed by atoms with Gasteiger partial charge in [0, 0.05) is 12.6 Å². The Bertz CT molecular complexity index is 614. The number of benzene rings is 2. The van der Waals surface area contributed by atoms with Gasteiger partial charge in [-0.25, -0.2) is 0 Å². The lowest BCUT2D eigenvalue weighted by molar-refractivity contribution is 0.469. The Balaban J connectivity index is 0.00000161. The van der Waals surface area contributed by atoms with E-state index in [1.807, 2.05) is 13.0 Å². The van der Waals surface area contributed by atoms with Gasteiger partial charge in [0.15, 0.2) is 0 Å². The first kappa shape index (κ1) is 15.9. The quantitative estimate of drug-likeness (QED) is 0.906. The number of phenolic OH excluding ortho intramolecular Hbond substituents is 1. The van der Waals surface area contributed by atoms with Gasteiger partial charge in [0.05, 0.1) is 0 Å². The molecule has 0 atom stereocenters. The molecule has 0 fully saturated rings. The SMILES string of the molecule is Cc1cc(CNC2Cc3ccccc3C2)c(C)cc1O.Cl. The van der Waals surface area contributed by atoms with E-state index in [0.29, 0.717) is 11.8 Å². The third-order valence-corrected chi connectivity index (χ3v) is 4.29. The molecule has 0 aromatic heterocycles. The predicted molar refractivity (Wildman–Crippen MR) is 89.3 cm³/mol. The minimum atomic E-state index is 0. The van der Waals surface area contributed by atoms with Crippen molar-refractivity contribution >= 4 is 12.4 Å². The van der Waals surface area contributed by atoms with Crippen LogP contribution in [-0.4, -0.2) is 11.1 Å². The molecule has 3 heteroatoms. The zero-order chi connectivity index (χ0) is 14.1. The van der Waals surface area contributed by atoms with Crippen LogP contribution in [0.25, 0.3) is 0 Å². The standard InChI is InChI=1S/C18H21NO.ClH/c1-12-8-18(20)13(2)7-16(12)11-19-17-9-14-5-3-4-6-15(14)10-17;/h3-8,17,19-20H,9-11H2,1-2H3;1H. The number of aromatic hydroxyl groups is 1. The molecule has 21 heavy (non-hydrogen) atoms. The molecule has 0 saturated carbocycles. The van der Waals surface area contributed by atoms with E-state index in [0.717, 1.165) is 30.5 Å². The van der Waals surface area contributed by atoms with Crippen LogP contribution in [0.1, 0.15) is 27.8 Å². The summed E-state index contributed by atoms with van der Waals surface area (Å²) in [4.78, 5) is 0. The summed E-state index contributed by atoms with van der Waals surface area (Å²) in [5.74, 6) is 0.388. The molecule has 0 heterocycles. The van der Waals surface area contributed by atoms with Gasteiger partial charge >= 0.3 is 0 Å². The fourth-order valence-corrected chi connectivity index (χ4v) is 3.01. The monoisotopic (exact) mass is 303 g/mol. The van der Waals surface area contributed by atoms with Crippen molar-refractivity contribution in [3.63, 3.8) is 0 Å². The second-order valence-electron chi connectivity index (χ2n) is 5.82. The van der Waals surface area contributed by atoms with E-state index in [-0.39, 0.29) is 12.4 Å². The van der Waals surface area contributed by atoms with Crippen molar-refractivity contribution in [1.82, 2.24) is 5.32 Å². The zero-order valence-corrected chi connectivity index (χ0v) is 13.3. The van der Waals surface area contributed by atoms with Gasteiger partial charge in [-0.2, -0.15) is 0 Å². The van der Waals surface area contributed by atoms with E-state index in [4.69, 9.17) is 0 Å². The van der Waals surface area contributed by atoms with Gasteiger partial charge in [-0.05, 0) is 60.6 Å². The van der Waals surface area contributed by atoms with Crippen LogP contribution in [0.15, 0.2) is 36.4 Å². The molecule has 3 rings (SSSR count). The summed E-state index contributed by atoms with van der Waals surface area (Å²) in [6, 6.07) is 13.2. The Morgan fingerprint density at radius 3 is 2.29 bits per heavy atom. The van der Waals surface area contributed by atoms with E-state index in [1.165, 1.54) is 16.7 Å². The Hall–Kier alpha value is -1.51. The number of hydrogen-bond donors (Lipinski definition) is 2. The smallest absolute Gasteiger partial charge is 0.118 e. The Kier molecular flexibility index (Phi) is 4.92. The molecule has 1 aliphatic carbocycles. The van der Waals surface area contributed by atoms with Crippen molar-refractivity contribution in [2.75, 3.05) is 0 Å². The topological polar surface area (TPSA) is 32.3 Å². The summed E-state index contributed by atoms with van der Waals surface area (Å²) in [7, 11) is 0. The number of halogens is 1. The molecule has 0 radical (unpaired) electrons. The number of nitrogens with one attached hydrogen (secondary N) is 1. The van der Waals surface area contributed by atoms with E-state index in [2.05, 4.69) is 42.6 Å². The lowest BCUT2D eigenvalue weighted by Crippen LogP contribution is -2.29. The highest BCUT2D eigenvalue weighted by atomic mass is 35.5. The minimum absolute atomic E-state index is 0. The van der Waals surface area contributed by atoms with Crippen molar-refractivity contribution in [3.8, 4) is 5.75 Å². The van der Waals surface area contributed by atoms with Crippen LogP contribution in [0.4, 0.5) is 0 Å². The van der Waals surface area contributed by atoms with Gasteiger partial charge in [-0.3, -0.25) is 0 Å². The van der Waals surface area contributed by atoms with E-state index in [1.54, 1.807) is 0 Å². The molecular formula is C18H22ClNO. The molecule has 0 spiro atoms. The number of hydrogen-bond acceptors (Lipinski definition) is 2. The van der Waals surface area contributed by atoms with Crippen molar-refractivity contribution in [1.29, 1.82) is 0 Å². The molecule has 2 aromatic rings. The van der Waals surface area contributed by atoms with Gasteiger partial charge in [0.25, 0.3) is 0 Å². The molecule has 0 amide bonds. The fourth-order valence-electron chi connectivity index (χ4n) is 3.01. The average molecular weight is 304 g/mol. The molecule has 0 bridgehead atoms. The number of rotatable bonds is 3. The van der Waals surface area contributed by atoms with Crippen LogP contribution in [0.3, 0.4) is 0 Å². The van der Waals surface area contributed by atoms with Crippen molar-refractivity contribution in [2.24, 2.45) is 0 Å². The van der Waals surface area contributed by atoms with E-state index >= 15 is 0 Å². The van der Waals surface area contributed by atoms with Crippen LogP contribution in [0, 0.1) is 13.8 Å². The molecule has 0 aliphatic heterocycles. The highest BCUT2D eigenvalue weighted by Crippen LogP contribution is 2.24. The van der Waals surface area contributed by atoms with Gasteiger partial charge < -0.3 is 10.4 Å². The maximum absolute atomic E-state index is 9.70. The normalized spacial score (nSPS) is 13.8. The summed E-state index contributed by atoms with van der Waals surface area (Å²) in [6.45, 7) is 4.87. The first-order valence-corrected chi connectivity index (χ1v) is 7.23. The average Bonchev–Trinajstić information content (AvgIpc) is 2.84. The van der Waals surface area contributed by atoms with E-state index < -0.39 is 0 Å². The second kappa shape index (κ2) is 6.50. The Labute approximate surface area is 132 Å². The van der Waals surface area contributed by atoms with Crippen LogP contribution < -0.4 is 5.32 Å². The summed E-state index contributed by atoms with van der Waals surface area (Å²) in [6.07, 6.45) is 2.23. The molecule has 0 saturated heterocycles. The van der Waals surface area contributed by atoms with Crippen LogP contribution >= 0.6 is 12.4 Å². The highest BCUT2D eigenvalue weighted by molar-refractivity contribution is 5.85. The lowest BCUT2D eigenvalue weighted by Gasteiger charge is -2.14. The zero-order valence-electron chi connectivity index (χ0n) is 12.5. The van der Waals surface area contributed by atoms with E-state index in [9.17, 15) is 5.11 Å². The second-order valence-corrected chi connectivity index (χ2v) is 5.82. The Morgan fingerprint density at radius 2 is 1.67 bits per heavy atom. The van der Waals surface area contributed by atoms with Gasteiger partial charge in [0.1, 0.15) is 5.75 Å². The summed E-state index contributed by atoms with van der Waals surface area (Å²) >= 11 is 0. The Morgan fingerprint density at radius 1 is 1.05 bits per heavy atom. The van der Waals surface area contributed by atoms with Crippen molar-refractivity contribution in [3.05, 3.63) is 64.2 Å². The van der Waals surface area contributed by atoms with Gasteiger partial charge in [0.2, 0.25) is 0 Å². The molecule has 2 nitrogen and oxygen atoms in total. The summed E-state index contributed by atoms with van der Waals surface area (Å²) in [5.41, 5.74) is 6.32. The fraction of sp³-hybridized carbons (Fsp3) is 0.333. The number of phenols is 1. The first-order valence-electron chi connectivity index (χ1n) is 7.23. The maximum Gasteiger partial charge on any atom is 0.118 e. The predicted octanol–water partition coefficient (Wildman–Crippen LogP) is 3.69. The third-order valence-electron chi connectivity index (χ3n) is 4.29. The summed E-state index contributed by atoms with van der Waals surface area (Å²) in [5, 5.41) is 13.4. The first-order chi connectivity index (χ1) is 9.63. The third kappa shape index (κ3) is 3.39. The van der Waals surface area contributed by atoms with Crippen molar-refractivity contribution in [2.45, 2.75) is 39.3 Å². The van der Waals surface area contributed by atoms with Crippen LogP contribution in [0.5, 0.6) is 5.75 Å². The molecule has 2 aromatic carbocycles. The molecule has 112 valence electrons. The van der Waals surface area contributed by atoms with Crippen LogP contribution in [0.2, 0.25) is 0 Å². The summed E-state index contributed by atoms with van der Waals surface area (Å²) < 4.78 is 0. The van der Waals surface area contributed by atoms with Crippen LogP contribution in [-0.2, 0) is 19.4 Å². The molecular weight excluding hydrogens is 282 g/mol. The number of fused-ring (bicyclic) bond motifs is 1. The molecule has 2 N–H and O–H groups in total. The van der Waals surface area contributed by atoms with Gasteiger partial charge in [-0.1, -0.05) is 30.3 Å². The highest BCUT2D eigenvalue weighted by Gasteiger charge is 2.20. The molecule has 0 unspecified atom stereocenters. The maximum atomic E-state index is 9.70.